The van der Waals surface area contributed by atoms with E-state index in [2.05, 4.69) is 64.3 Å². The molecule has 1 unspecified atom stereocenters. The molecule has 0 fully saturated rings. The van der Waals surface area contributed by atoms with Crippen LogP contribution in [0, 0.1) is 0 Å². The van der Waals surface area contributed by atoms with E-state index in [-0.39, 0.29) is 6.15 Å². The van der Waals surface area contributed by atoms with E-state index in [0.29, 0.717) is 0 Å². The Bertz CT molecular complexity index is 518. The summed E-state index contributed by atoms with van der Waals surface area (Å²) >= 11 is 0. The maximum Gasteiger partial charge on any atom is 0.373 e. The zero-order chi connectivity index (χ0) is 20.7. The van der Waals surface area contributed by atoms with Gasteiger partial charge in [0, 0.05) is 0 Å². The van der Waals surface area contributed by atoms with Gasteiger partial charge in [0.15, 0.2) is 0 Å². The van der Waals surface area contributed by atoms with Crippen LogP contribution in [0.5, 0.6) is 0 Å². The van der Waals surface area contributed by atoms with Crippen molar-refractivity contribution in [2.75, 3.05) is 0 Å². The Morgan fingerprint density at radius 1 is 0.889 bits per heavy atom. The van der Waals surface area contributed by atoms with Crippen molar-refractivity contribution in [2.45, 2.75) is 103 Å². The van der Waals surface area contributed by atoms with Gasteiger partial charge in [0.05, 0.1) is 16.9 Å². The first-order valence-corrected chi connectivity index (χ1v) is 16.9. The van der Waals surface area contributed by atoms with Gasteiger partial charge in [-0.25, -0.2) is 0 Å². The lowest BCUT2D eigenvalue weighted by Gasteiger charge is -2.33. The summed E-state index contributed by atoms with van der Waals surface area (Å²) in [7, 11) is -1.99. The maximum absolute atomic E-state index is 8.12. The summed E-state index contributed by atoms with van der Waals surface area (Å²) in [4.78, 5) is 16.2. The first-order chi connectivity index (χ1) is 12.8. The molecule has 0 aromatic heterocycles. The molecular weight excluding hydrogens is 364 g/mol. The Labute approximate surface area is 170 Å². The van der Waals surface area contributed by atoms with Crippen LogP contribution >= 0.6 is 0 Å². The fourth-order valence-electron chi connectivity index (χ4n) is 3.96. The minimum Gasteiger partial charge on any atom is -0.186 e. The normalized spacial score (nSPS) is 12.3. The molecule has 0 spiro atoms. The average Bonchev–Trinajstić information content (AvgIpc) is 2.64. The number of rotatable bonds is 12. The molecule has 0 bridgehead atoms. The number of hydrogen-bond acceptors (Lipinski definition) is 2. The topological polar surface area (TPSA) is 34.1 Å². The van der Waals surface area contributed by atoms with Crippen molar-refractivity contribution >= 4 is 33.4 Å². The van der Waals surface area contributed by atoms with E-state index in [4.69, 9.17) is 9.59 Å². The molecule has 154 valence electrons. The smallest absolute Gasteiger partial charge is 0.186 e. The lowest BCUT2D eigenvalue weighted by molar-refractivity contribution is -0.191. The van der Waals surface area contributed by atoms with Crippen molar-refractivity contribution in [1.29, 1.82) is 0 Å². The minimum atomic E-state index is -1.33. The van der Waals surface area contributed by atoms with Crippen molar-refractivity contribution in [3.8, 4) is 0 Å². The molecule has 1 rings (SSSR count). The molecule has 0 saturated carbocycles. The molecule has 0 aliphatic rings. The molecule has 4 heteroatoms. The molecule has 0 aliphatic carbocycles. The van der Waals surface area contributed by atoms with Crippen molar-refractivity contribution in [3.05, 3.63) is 24.3 Å². The highest BCUT2D eigenvalue weighted by atomic mass is 28.3. The molecule has 0 heterocycles. The Morgan fingerprint density at radius 2 is 1.37 bits per heavy atom. The van der Waals surface area contributed by atoms with Crippen molar-refractivity contribution in [2.24, 2.45) is 0 Å². The second-order valence-electron chi connectivity index (χ2n) is 8.60. The first-order valence-electron chi connectivity index (χ1n) is 10.9. The van der Waals surface area contributed by atoms with Gasteiger partial charge in [-0.15, -0.1) is 0 Å². The van der Waals surface area contributed by atoms with Gasteiger partial charge >= 0.3 is 6.15 Å². The minimum absolute atomic E-state index is 0.250. The van der Waals surface area contributed by atoms with E-state index in [9.17, 15) is 0 Å². The SMILES string of the molecule is CCCCCCCCCC(CC)[Si](C)(C)c1ccc([SiH](C)C)cc1.O=C=O. The van der Waals surface area contributed by atoms with Crippen LogP contribution in [0.1, 0.15) is 71.6 Å². The van der Waals surface area contributed by atoms with Crippen LogP contribution in [0.15, 0.2) is 24.3 Å². The Kier molecular flexibility index (Phi) is 14.5. The number of unbranched alkanes of at least 4 members (excludes halogenated alkanes) is 6. The largest absolute Gasteiger partial charge is 0.373 e. The van der Waals surface area contributed by atoms with Gasteiger partial charge in [-0.2, -0.15) is 9.59 Å². The molecule has 0 saturated heterocycles. The lowest BCUT2D eigenvalue weighted by atomic mass is 10.1. The maximum atomic E-state index is 8.12. The Balaban J connectivity index is 0.00000210. The van der Waals surface area contributed by atoms with E-state index in [1.807, 2.05) is 0 Å². The van der Waals surface area contributed by atoms with Crippen LogP contribution in [-0.4, -0.2) is 23.0 Å². The van der Waals surface area contributed by atoms with Gasteiger partial charge in [-0.05, 0) is 5.54 Å². The predicted octanol–water partition coefficient (Wildman–Crippen LogP) is 5.63. The first kappa shape index (κ1) is 26.0. The zero-order valence-electron chi connectivity index (χ0n) is 18.6. The van der Waals surface area contributed by atoms with Gasteiger partial charge in [-0.3, -0.25) is 0 Å². The van der Waals surface area contributed by atoms with Crippen LogP contribution in [0.2, 0.25) is 31.7 Å². The summed E-state index contributed by atoms with van der Waals surface area (Å²) in [6.45, 7) is 14.8. The number of hydrogen-bond donors (Lipinski definition) is 0. The second-order valence-corrected chi connectivity index (χ2v) is 16.4. The fraction of sp³-hybridized carbons (Fsp3) is 0.696. The summed E-state index contributed by atoms with van der Waals surface area (Å²) in [6.07, 6.45) is 13.1. The van der Waals surface area contributed by atoms with Crippen LogP contribution < -0.4 is 10.4 Å². The van der Waals surface area contributed by atoms with Crippen LogP contribution in [0.25, 0.3) is 0 Å². The van der Waals surface area contributed by atoms with Crippen molar-refractivity contribution in [1.82, 2.24) is 0 Å². The van der Waals surface area contributed by atoms with E-state index in [0.717, 1.165) is 5.54 Å². The highest BCUT2D eigenvalue weighted by Crippen LogP contribution is 2.31. The molecular formula is C23H42O2Si2. The molecule has 0 amide bonds. The van der Waals surface area contributed by atoms with Gasteiger partial charge in [0.2, 0.25) is 0 Å². The molecule has 2 nitrogen and oxygen atoms in total. The zero-order valence-corrected chi connectivity index (χ0v) is 20.8. The quantitative estimate of drug-likeness (QED) is 0.333. The van der Waals surface area contributed by atoms with Gasteiger partial charge in [-0.1, -0.05) is 132 Å². The Morgan fingerprint density at radius 3 is 1.81 bits per heavy atom. The molecule has 27 heavy (non-hydrogen) atoms. The number of carbonyl (C=O) groups excluding carboxylic acids is 2. The summed E-state index contributed by atoms with van der Waals surface area (Å²) in [5, 5.41) is 3.29. The third-order valence-electron chi connectivity index (χ3n) is 5.99. The summed E-state index contributed by atoms with van der Waals surface area (Å²) in [5.41, 5.74) is 0.940. The molecule has 1 atom stereocenters. The van der Waals surface area contributed by atoms with Crippen LogP contribution in [0.4, 0.5) is 0 Å². The van der Waals surface area contributed by atoms with Crippen molar-refractivity contribution < 1.29 is 9.59 Å². The van der Waals surface area contributed by atoms with Crippen LogP contribution in [-0.2, 0) is 9.59 Å². The molecule has 1 aromatic carbocycles. The highest BCUT2D eigenvalue weighted by Gasteiger charge is 2.31. The van der Waals surface area contributed by atoms with Gasteiger partial charge < -0.3 is 0 Å². The monoisotopic (exact) mass is 406 g/mol. The molecule has 0 aliphatic heterocycles. The van der Waals surface area contributed by atoms with E-state index in [1.165, 1.54) is 57.8 Å². The molecule has 1 aromatic rings. The summed E-state index contributed by atoms with van der Waals surface area (Å²) in [6, 6.07) is 9.81. The highest BCUT2D eigenvalue weighted by molar-refractivity contribution is 6.91. The standard InChI is InChI=1S/C22H42Si2.CO2/c1-7-9-10-11-12-13-14-15-21(8-2)24(5,6)22-18-16-20(17-19-22)23(3)4;2-1-3/h16-19,21,23H,7-15H2,1-6H3;. The summed E-state index contributed by atoms with van der Waals surface area (Å²) < 4.78 is 0. The van der Waals surface area contributed by atoms with Gasteiger partial charge in [0.25, 0.3) is 0 Å². The average molecular weight is 407 g/mol. The second kappa shape index (κ2) is 15.0. The Hall–Kier alpha value is -0.966. The lowest BCUT2D eigenvalue weighted by Crippen LogP contribution is -2.46. The van der Waals surface area contributed by atoms with Crippen LogP contribution in [0.3, 0.4) is 0 Å². The third-order valence-corrected chi connectivity index (χ3v) is 12.3. The predicted molar refractivity (Wildman–Crippen MR) is 124 cm³/mol. The third kappa shape index (κ3) is 10.2. The number of benzene rings is 1. The van der Waals surface area contributed by atoms with E-state index in [1.54, 1.807) is 10.4 Å². The van der Waals surface area contributed by atoms with E-state index < -0.39 is 16.9 Å². The van der Waals surface area contributed by atoms with Gasteiger partial charge in [0.1, 0.15) is 0 Å². The molecule has 0 N–H and O–H groups in total. The fourth-order valence-corrected chi connectivity index (χ4v) is 8.36. The molecule has 0 radical (unpaired) electrons. The van der Waals surface area contributed by atoms with Crippen molar-refractivity contribution in [3.63, 3.8) is 0 Å². The van der Waals surface area contributed by atoms with E-state index >= 15 is 0 Å². The summed E-state index contributed by atoms with van der Waals surface area (Å²) in [5.74, 6) is 0.